The van der Waals surface area contributed by atoms with Gasteiger partial charge in [-0.15, -0.1) is 0 Å². The molecule has 0 unspecified atom stereocenters. The molecule has 0 spiro atoms. The molecule has 2 rings (SSSR count). The van der Waals surface area contributed by atoms with E-state index in [0.717, 1.165) is 6.07 Å². The number of ketones is 1. The molecule has 0 aliphatic rings. The quantitative estimate of drug-likeness (QED) is 0.550. The van der Waals surface area contributed by atoms with Crippen molar-refractivity contribution >= 4 is 27.7 Å². The van der Waals surface area contributed by atoms with Crippen LogP contribution in [0.1, 0.15) is 20.7 Å². The highest BCUT2D eigenvalue weighted by atomic mass is 79.9. The lowest BCUT2D eigenvalue weighted by Gasteiger charge is -2.10. The average Bonchev–Trinajstić information content (AvgIpc) is 2.60. The Balaban J connectivity index is 2.10. The number of benzene rings is 2. The van der Waals surface area contributed by atoms with E-state index in [-0.39, 0.29) is 11.1 Å². The van der Waals surface area contributed by atoms with Crippen molar-refractivity contribution in [2.24, 2.45) is 0 Å². The number of ether oxygens (including phenoxy) is 3. The molecule has 5 nitrogen and oxygen atoms in total. The maximum atomic E-state index is 13.6. The Bertz CT molecular complexity index is 776. The fourth-order valence-electron chi connectivity index (χ4n) is 1.97. The van der Waals surface area contributed by atoms with E-state index in [1.165, 1.54) is 32.4 Å². The summed E-state index contributed by atoms with van der Waals surface area (Å²) in [5.41, 5.74) is -0.0142. The van der Waals surface area contributed by atoms with Crippen LogP contribution in [0.4, 0.5) is 4.39 Å². The summed E-state index contributed by atoms with van der Waals surface area (Å²) in [5.74, 6) is -1.30. The zero-order valence-electron chi connectivity index (χ0n) is 13.0. The summed E-state index contributed by atoms with van der Waals surface area (Å²) < 4.78 is 29.2. The Morgan fingerprint density at radius 2 is 1.79 bits per heavy atom. The normalized spacial score (nSPS) is 10.2. The standard InChI is InChI=1S/C17H14BrFO5/c1-22-11-4-5-12(16(8-11)23-2)15(20)9-24-17(21)13-7-10(18)3-6-14(13)19/h3-8H,9H2,1-2H3. The van der Waals surface area contributed by atoms with E-state index < -0.39 is 24.2 Å². The maximum Gasteiger partial charge on any atom is 0.341 e. The highest BCUT2D eigenvalue weighted by Crippen LogP contribution is 2.25. The van der Waals surface area contributed by atoms with Gasteiger partial charge >= 0.3 is 5.97 Å². The van der Waals surface area contributed by atoms with Gasteiger partial charge in [-0.25, -0.2) is 9.18 Å². The molecule has 24 heavy (non-hydrogen) atoms. The molecule has 0 heterocycles. The SMILES string of the molecule is COc1ccc(C(=O)COC(=O)c2cc(Br)ccc2F)c(OC)c1. The lowest BCUT2D eigenvalue weighted by Crippen LogP contribution is -2.16. The second kappa shape index (κ2) is 7.92. The van der Waals surface area contributed by atoms with Crippen molar-refractivity contribution in [1.82, 2.24) is 0 Å². The van der Waals surface area contributed by atoms with Crippen molar-refractivity contribution in [3.8, 4) is 11.5 Å². The first-order chi connectivity index (χ1) is 11.5. The van der Waals surface area contributed by atoms with Crippen LogP contribution in [0, 0.1) is 5.82 Å². The van der Waals surface area contributed by atoms with Crippen molar-refractivity contribution in [1.29, 1.82) is 0 Å². The number of hydrogen-bond donors (Lipinski definition) is 0. The lowest BCUT2D eigenvalue weighted by atomic mass is 10.1. The largest absolute Gasteiger partial charge is 0.497 e. The van der Waals surface area contributed by atoms with E-state index in [1.807, 2.05) is 0 Å². The molecule has 126 valence electrons. The molecule has 0 amide bonds. The highest BCUT2D eigenvalue weighted by Gasteiger charge is 2.18. The van der Waals surface area contributed by atoms with Gasteiger partial charge in [-0.05, 0) is 30.3 Å². The number of methoxy groups -OCH3 is 2. The third-order valence-corrected chi connectivity index (χ3v) is 3.69. The molecule has 2 aromatic rings. The summed E-state index contributed by atoms with van der Waals surface area (Å²) in [4.78, 5) is 24.1. The van der Waals surface area contributed by atoms with Crippen LogP contribution in [-0.2, 0) is 4.74 Å². The van der Waals surface area contributed by atoms with E-state index in [1.54, 1.807) is 12.1 Å². The van der Waals surface area contributed by atoms with Crippen molar-refractivity contribution in [3.05, 3.63) is 57.8 Å². The summed E-state index contributed by atoms with van der Waals surface area (Å²) in [7, 11) is 2.90. The van der Waals surface area contributed by atoms with Gasteiger partial charge in [0.15, 0.2) is 6.61 Å². The van der Waals surface area contributed by atoms with Crippen molar-refractivity contribution in [2.75, 3.05) is 20.8 Å². The molecular weight excluding hydrogens is 383 g/mol. The summed E-state index contributed by atoms with van der Waals surface area (Å²) in [6.07, 6.45) is 0. The number of rotatable bonds is 6. The first-order valence-corrected chi connectivity index (χ1v) is 7.63. The minimum atomic E-state index is -0.922. The Kier molecular flexibility index (Phi) is 5.92. The molecule has 7 heteroatoms. The van der Waals surface area contributed by atoms with E-state index in [9.17, 15) is 14.0 Å². The summed E-state index contributed by atoms with van der Waals surface area (Å²) in [5, 5.41) is 0. The van der Waals surface area contributed by atoms with Crippen LogP contribution in [0.15, 0.2) is 40.9 Å². The first-order valence-electron chi connectivity index (χ1n) is 6.83. The number of halogens is 2. The minimum absolute atomic E-state index is 0.237. The molecule has 0 aliphatic carbocycles. The topological polar surface area (TPSA) is 61.8 Å². The van der Waals surface area contributed by atoms with Crippen LogP contribution in [-0.4, -0.2) is 32.6 Å². The molecule has 0 fully saturated rings. The van der Waals surface area contributed by atoms with E-state index in [0.29, 0.717) is 16.0 Å². The summed E-state index contributed by atoms with van der Waals surface area (Å²) in [6, 6.07) is 8.52. The third kappa shape index (κ3) is 4.11. The van der Waals surface area contributed by atoms with Crippen LogP contribution in [0.25, 0.3) is 0 Å². The molecule has 0 radical (unpaired) electrons. The number of carbonyl (C=O) groups excluding carboxylic acids is 2. The molecule has 0 atom stereocenters. The number of hydrogen-bond acceptors (Lipinski definition) is 5. The monoisotopic (exact) mass is 396 g/mol. The zero-order chi connectivity index (χ0) is 17.7. The second-order valence-electron chi connectivity index (χ2n) is 4.69. The van der Waals surface area contributed by atoms with Gasteiger partial charge in [-0.1, -0.05) is 15.9 Å². The van der Waals surface area contributed by atoms with Gasteiger partial charge in [0.1, 0.15) is 17.3 Å². The molecule has 2 aromatic carbocycles. The maximum absolute atomic E-state index is 13.6. The van der Waals surface area contributed by atoms with E-state index in [4.69, 9.17) is 14.2 Å². The molecule has 0 aromatic heterocycles. The second-order valence-corrected chi connectivity index (χ2v) is 5.61. The van der Waals surface area contributed by atoms with E-state index in [2.05, 4.69) is 15.9 Å². The van der Waals surface area contributed by atoms with Gasteiger partial charge in [-0.3, -0.25) is 4.79 Å². The van der Waals surface area contributed by atoms with Gasteiger partial charge in [0, 0.05) is 10.5 Å². The van der Waals surface area contributed by atoms with Gasteiger partial charge in [-0.2, -0.15) is 0 Å². The molecule has 0 saturated heterocycles. The van der Waals surface area contributed by atoms with Crippen LogP contribution in [0.3, 0.4) is 0 Å². The lowest BCUT2D eigenvalue weighted by molar-refractivity contribution is 0.0469. The summed E-state index contributed by atoms with van der Waals surface area (Å²) >= 11 is 3.14. The molecule has 0 saturated carbocycles. The third-order valence-electron chi connectivity index (χ3n) is 3.19. The number of carbonyl (C=O) groups is 2. The zero-order valence-corrected chi connectivity index (χ0v) is 14.6. The molecule has 0 aliphatic heterocycles. The van der Waals surface area contributed by atoms with E-state index >= 15 is 0 Å². The fourth-order valence-corrected chi connectivity index (χ4v) is 2.33. The van der Waals surface area contributed by atoms with Crippen LogP contribution < -0.4 is 9.47 Å². The Hall–Kier alpha value is -2.41. The van der Waals surface area contributed by atoms with Crippen molar-refractivity contribution in [3.63, 3.8) is 0 Å². The smallest absolute Gasteiger partial charge is 0.341 e. The molecule has 0 bridgehead atoms. The van der Waals surface area contributed by atoms with Crippen LogP contribution in [0.5, 0.6) is 11.5 Å². The Labute approximate surface area is 146 Å². The van der Waals surface area contributed by atoms with Gasteiger partial charge in [0.25, 0.3) is 0 Å². The average molecular weight is 397 g/mol. The van der Waals surface area contributed by atoms with Crippen molar-refractivity contribution in [2.45, 2.75) is 0 Å². The predicted octanol–water partition coefficient (Wildman–Crippen LogP) is 3.65. The highest BCUT2D eigenvalue weighted by molar-refractivity contribution is 9.10. The Morgan fingerprint density at radius 3 is 2.46 bits per heavy atom. The first kappa shape index (κ1) is 17.9. The van der Waals surface area contributed by atoms with Crippen LogP contribution in [0.2, 0.25) is 0 Å². The molecule has 0 N–H and O–H groups in total. The van der Waals surface area contributed by atoms with Crippen LogP contribution >= 0.6 is 15.9 Å². The minimum Gasteiger partial charge on any atom is -0.497 e. The van der Waals surface area contributed by atoms with Gasteiger partial charge in [0.05, 0.1) is 25.3 Å². The Morgan fingerprint density at radius 1 is 1.04 bits per heavy atom. The predicted molar refractivity (Wildman–Crippen MR) is 88.3 cm³/mol. The van der Waals surface area contributed by atoms with Gasteiger partial charge in [0.2, 0.25) is 5.78 Å². The number of Topliss-reactive ketones (excluding diaryl/α,β-unsaturated/α-hetero) is 1. The molecular formula is C17H14BrFO5. The van der Waals surface area contributed by atoms with Gasteiger partial charge < -0.3 is 14.2 Å². The summed E-state index contributed by atoms with van der Waals surface area (Å²) in [6.45, 7) is -0.534. The van der Waals surface area contributed by atoms with Crippen molar-refractivity contribution < 1.29 is 28.2 Å². The fraction of sp³-hybridized carbons (Fsp3) is 0.176. The number of esters is 1.